The normalized spacial score (nSPS) is 15.1. The maximum absolute atomic E-state index is 6.08. The lowest BCUT2D eigenvalue weighted by atomic mass is 10.1. The van der Waals surface area contributed by atoms with E-state index in [1.807, 2.05) is 67.1 Å². The summed E-state index contributed by atoms with van der Waals surface area (Å²) in [6.45, 7) is 6.10. The molecular weight excluding hydrogens is 436 g/mol. The van der Waals surface area contributed by atoms with Crippen molar-refractivity contribution in [2.45, 2.75) is 33.1 Å². The summed E-state index contributed by atoms with van der Waals surface area (Å²) in [7, 11) is 1.61. The average molecular weight is 463 g/mol. The molecular formula is C25H26N4O5. The maximum Gasteiger partial charge on any atom is 0.278 e. The number of benzene rings is 2. The number of rotatable bonds is 8. The molecule has 9 heteroatoms. The summed E-state index contributed by atoms with van der Waals surface area (Å²) in [6.07, 6.45) is -0.0922. The molecule has 0 saturated carbocycles. The molecule has 0 saturated heterocycles. The van der Waals surface area contributed by atoms with Crippen molar-refractivity contribution in [2.24, 2.45) is 0 Å². The van der Waals surface area contributed by atoms with E-state index in [4.69, 9.17) is 28.6 Å². The van der Waals surface area contributed by atoms with E-state index in [-0.39, 0.29) is 6.10 Å². The first kappa shape index (κ1) is 22.0. The Morgan fingerprint density at radius 3 is 2.59 bits per heavy atom. The highest BCUT2D eigenvalue weighted by atomic mass is 16.5. The van der Waals surface area contributed by atoms with Crippen LogP contribution < -0.4 is 14.2 Å². The second-order valence-electron chi connectivity index (χ2n) is 7.73. The van der Waals surface area contributed by atoms with Gasteiger partial charge in [-0.1, -0.05) is 17.3 Å². The van der Waals surface area contributed by atoms with Gasteiger partial charge >= 0.3 is 0 Å². The summed E-state index contributed by atoms with van der Waals surface area (Å²) >= 11 is 0. The van der Waals surface area contributed by atoms with Crippen LogP contribution in [0.3, 0.4) is 0 Å². The van der Waals surface area contributed by atoms with Crippen LogP contribution in [0.25, 0.3) is 23.0 Å². The molecule has 2 aromatic carbocycles. The summed E-state index contributed by atoms with van der Waals surface area (Å²) < 4.78 is 30.1. The zero-order valence-corrected chi connectivity index (χ0v) is 19.4. The van der Waals surface area contributed by atoms with Crippen LogP contribution in [0, 0.1) is 0 Å². The van der Waals surface area contributed by atoms with E-state index in [1.165, 1.54) is 0 Å². The number of aromatic nitrogens is 4. The van der Waals surface area contributed by atoms with E-state index in [0.717, 1.165) is 22.6 Å². The van der Waals surface area contributed by atoms with Gasteiger partial charge in [0.25, 0.3) is 5.89 Å². The standard InChI is InChI=1S/C25H26N4O5/c1-4-31-19-9-6-16(7-10-19)23-14-29-18(15-33-23)13-20(27-29)25-26-24(28-34-25)17-8-11-21(30-3)22(12-17)32-5-2/h6-13,23H,4-5,14-15H2,1-3H3/t23-/m0/s1. The first-order valence-corrected chi connectivity index (χ1v) is 11.2. The van der Waals surface area contributed by atoms with Crippen molar-refractivity contribution in [3.8, 4) is 40.2 Å². The molecule has 9 nitrogen and oxygen atoms in total. The zero-order valence-electron chi connectivity index (χ0n) is 19.4. The molecule has 5 rings (SSSR count). The van der Waals surface area contributed by atoms with E-state index < -0.39 is 0 Å². The maximum atomic E-state index is 6.08. The van der Waals surface area contributed by atoms with Gasteiger partial charge in [0.1, 0.15) is 11.9 Å². The lowest BCUT2D eigenvalue weighted by molar-refractivity contribution is -0.00115. The second kappa shape index (κ2) is 9.56. The molecule has 0 N–H and O–H groups in total. The molecule has 0 spiro atoms. The Bertz CT molecular complexity index is 1260. The van der Waals surface area contributed by atoms with Crippen LogP contribution in [0.2, 0.25) is 0 Å². The van der Waals surface area contributed by atoms with Crippen molar-refractivity contribution in [3.63, 3.8) is 0 Å². The van der Waals surface area contributed by atoms with Crippen molar-refractivity contribution in [2.75, 3.05) is 20.3 Å². The fraction of sp³-hybridized carbons (Fsp3) is 0.320. The molecule has 0 radical (unpaired) electrons. The molecule has 2 aromatic heterocycles. The van der Waals surface area contributed by atoms with Crippen LogP contribution in [0.5, 0.6) is 17.2 Å². The third kappa shape index (κ3) is 4.34. The Labute approximate surface area is 197 Å². The van der Waals surface area contributed by atoms with Crippen molar-refractivity contribution < 1.29 is 23.5 Å². The van der Waals surface area contributed by atoms with Crippen LogP contribution in [0.4, 0.5) is 0 Å². The molecule has 0 unspecified atom stereocenters. The molecule has 1 aliphatic heterocycles. The predicted molar refractivity (Wildman–Crippen MR) is 124 cm³/mol. The topological polar surface area (TPSA) is 93.7 Å². The van der Waals surface area contributed by atoms with Gasteiger partial charge in [-0.25, -0.2) is 0 Å². The first-order chi connectivity index (χ1) is 16.7. The molecule has 0 fully saturated rings. The minimum Gasteiger partial charge on any atom is -0.494 e. The quantitative estimate of drug-likeness (QED) is 0.373. The van der Waals surface area contributed by atoms with Gasteiger partial charge in [-0.2, -0.15) is 10.1 Å². The summed E-state index contributed by atoms with van der Waals surface area (Å²) in [6, 6.07) is 15.4. The van der Waals surface area contributed by atoms with Crippen molar-refractivity contribution in [1.29, 1.82) is 0 Å². The minimum absolute atomic E-state index is 0.0922. The van der Waals surface area contributed by atoms with Gasteiger partial charge in [0.15, 0.2) is 17.2 Å². The number of hydrogen-bond donors (Lipinski definition) is 0. The SMILES string of the molecule is CCOc1ccc([C@@H]2Cn3nc(-c4nc(-c5ccc(OC)c(OCC)c5)no4)cc3CO2)cc1. The number of hydrogen-bond acceptors (Lipinski definition) is 8. The van der Waals surface area contributed by atoms with E-state index in [9.17, 15) is 0 Å². The second-order valence-corrected chi connectivity index (χ2v) is 7.73. The molecule has 3 heterocycles. The van der Waals surface area contributed by atoms with Gasteiger partial charge in [0, 0.05) is 5.56 Å². The first-order valence-electron chi connectivity index (χ1n) is 11.2. The number of fused-ring (bicyclic) bond motifs is 1. The molecule has 4 aromatic rings. The van der Waals surface area contributed by atoms with Gasteiger partial charge in [-0.3, -0.25) is 4.68 Å². The minimum atomic E-state index is -0.0922. The lowest BCUT2D eigenvalue weighted by Gasteiger charge is -2.24. The molecule has 1 atom stereocenters. The van der Waals surface area contributed by atoms with Gasteiger partial charge in [0.2, 0.25) is 5.82 Å². The largest absolute Gasteiger partial charge is 0.494 e. The highest BCUT2D eigenvalue weighted by molar-refractivity contribution is 5.62. The van der Waals surface area contributed by atoms with Crippen LogP contribution in [-0.4, -0.2) is 40.2 Å². The van der Waals surface area contributed by atoms with Crippen molar-refractivity contribution >= 4 is 0 Å². The molecule has 34 heavy (non-hydrogen) atoms. The lowest BCUT2D eigenvalue weighted by Crippen LogP contribution is -2.21. The predicted octanol–water partition coefficient (Wildman–Crippen LogP) is 4.68. The number of methoxy groups -OCH3 is 1. The number of nitrogens with zero attached hydrogens (tertiary/aromatic N) is 4. The molecule has 1 aliphatic rings. The van der Waals surface area contributed by atoms with Crippen LogP contribution in [0.15, 0.2) is 53.1 Å². The van der Waals surface area contributed by atoms with Gasteiger partial charge in [-0.15, -0.1) is 0 Å². The van der Waals surface area contributed by atoms with Gasteiger partial charge in [0.05, 0.1) is 39.2 Å². The smallest absolute Gasteiger partial charge is 0.278 e. The number of ether oxygens (including phenoxy) is 4. The van der Waals surface area contributed by atoms with E-state index in [0.29, 0.717) is 55.3 Å². The summed E-state index contributed by atoms with van der Waals surface area (Å²) in [5.41, 5.74) is 3.42. The molecule has 0 amide bonds. The van der Waals surface area contributed by atoms with Gasteiger partial charge < -0.3 is 23.5 Å². The summed E-state index contributed by atoms with van der Waals surface area (Å²) in [5.74, 6) is 2.93. The Morgan fingerprint density at radius 1 is 1.00 bits per heavy atom. The Kier molecular flexibility index (Phi) is 6.18. The average Bonchev–Trinajstić information content (AvgIpc) is 3.52. The molecule has 176 valence electrons. The molecule has 0 bridgehead atoms. The Morgan fingerprint density at radius 2 is 1.82 bits per heavy atom. The Balaban J connectivity index is 1.34. The summed E-state index contributed by atoms with van der Waals surface area (Å²) in [4.78, 5) is 4.55. The van der Waals surface area contributed by atoms with Crippen LogP contribution in [-0.2, 0) is 17.9 Å². The summed E-state index contributed by atoms with van der Waals surface area (Å²) in [5, 5.41) is 8.83. The third-order valence-corrected chi connectivity index (χ3v) is 5.56. The Hall–Kier alpha value is -3.85. The monoisotopic (exact) mass is 462 g/mol. The van der Waals surface area contributed by atoms with E-state index >= 15 is 0 Å². The van der Waals surface area contributed by atoms with E-state index in [1.54, 1.807) is 7.11 Å². The highest BCUT2D eigenvalue weighted by Crippen LogP contribution is 2.33. The fourth-order valence-corrected chi connectivity index (χ4v) is 3.91. The van der Waals surface area contributed by atoms with Crippen LogP contribution in [0.1, 0.15) is 31.2 Å². The fourth-order valence-electron chi connectivity index (χ4n) is 3.91. The molecule has 0 aliphatic carbocycles. The third-order valence-electron chi connectivity index (χ3n) is 5.56. The zero-order chi connectivity index (χ0) is 23.5. The van der Waals surface area contributed by atoms with Crippen molar-refractivity contribution in [1.82, 2.24) is 19.9 Å². The van der Waals surface area contributed by atoms with Crippen molar-refractivity contribution in [3.05, 3.63) is 59.8 Å². The highest BCUT2D eigenvalue weighted by Gasteiger charge is 2.24. The van der Waals surface area contributed by atoms with Crippen LogP contribution >= 0.6 is 0 Å². The van der Waals surface area contributed by atoms with Gasteiger partial charge in [-0.05, 0) is 55.8 Å². The van der Waals surface area contributed by atoms with E-state index in [2.05, 4.69) is 10.1 Å².